The lowest BCUT2D eigenvalue weighted by Crippen LogP contribution is -2.26. The molecule has 0 spiro atoms. The van der Waals surface area contributed by atoms with Crippen LogP contribution in [-0.4, -0.2) is 15.9 Å². The highest BCUT2D eigenvalue weighted by Crippen LogP contribution is 2.31. The van der Waals surface area contributed by atoms with E-state index in [1.807, 2.05) is 0 Å². The van der Waals surface area contributed by atoms with Gasteiger partial charge in [-0.05, 0) is 18.2 Å². The van der Waals surface area contributed by atoms with Gasteiger partial charge in [-0.1, -0.05) is 11.6 Å². The van der Waals surface area contributed by atoms with E-state index in [2.05, 4.69) is 15.3 Å². The van der Waals surface area contributed by atoms with E-state index in [-0.39, 0.29) is 6.54 Å². The van der Waals surface area contributed by atoms with E-state index in [0.717, 1.165) is 18.5 Å². The zero-order chi connectivity index (χ0) is 15.5. The zero-order valence-electron chi connectivity index (χ0n) is 10.5. The molecule has 2 aromatic rings. The normalized spacial score (nSPS) is 11.2. The number of nitrogens with one attached hydrogen (secondary N) is 1. The molecule has 0 atom stereocenters. The molecule has 1 amide bonds. The van der Waals surface area contributed by atoms with Crippen LogP contribution in [0, 0.1) is 0 Å². The van der Waals surface area contributed by atoms with Crippen LogP contribution >= 0.6 is 11.6 Å². The van der Waals surface area contributed by atoms with Crippen LogP contribution in [0.15, 0.2) is 36.8 Å². The van der Waals surface area contributed by atoms with Gasteiger partial charge in [0.15, 0.2) is 0 Å². The Labute approximate surface area is 123 Å². The number of hydrogen-bond donors (Lipinski definition) is 1. The lowest BCUT2D eigenvalue weighted by atomic mass is 10.1. The first-order valence-corrected chi connectivity index (χ1v) is 6.15. The molecule has 4 nitrogen and oxygen atoms in total. The summed E-state index contributed by atoms with van der Waals surface area (Å²) in [7, 11) is 0. The molecule has 21 heavy (non-hydrogen) atoms. The lowest BCUT2D eigenvalue weighted by Gasteiger charge is -2.12. The van der Waals surface area contributed by atoms with E-state index >= 15 is 0 Å². The molecule has 2 aromatic heterocycles. The van der Waals surface area contributed by atoms with Gasteiger partial charge in [0.25, 0.3) is 5.91 Å². The Morgan fingerprint density at radius 1 is 1.29 bits per heavy atom. The Kier molecular flexibility index (Phi) is 4.42. The molecule has 0 radical (unpaired) electrons. The fourth-order valence-corrected chi connectivity index (χ4v) is 1.82. The maximum absolute atomic E-state index is 12.8. The maximum atomic E-state index is 12.8. The van der Waals surface area contributed by atoms with Gasteiger partial charge in [0, 0.05) is 23.6 Å². The van der Waals surface area contributed by atoms with E-state index in [4.69, 9.17) is 11.6 Å². The summed E-state index contributed by atoms with van der Waals surface area (Å²) < 4.78 is 38.4. The summed E-state index contributed by atoms with van der Waals surface area (Å²) in [6.07, 6.45) is -1.32. The third kappa shape index (κ3) is 3.91. The van der Waals surface area contributed by atoms with Crippen LogP contribution in [0.1, 0.15) is 21.6 Å². The smallest absolute Gasteiger partial charge is 0.346 e. The molecule has 0 fully saturated rings. The molecule has 0 saturated carbocycles. The average Bonchev–Trinajstić information content (AvgIpc) is 2.44. The minimum atomic E-state index is -4.62. The van der Waals surface area contributed by atoms with Crippen LogP contribution in [-0.2, 0) is 12.7 Å². The molecule has 1 N–H and O–H groups in total. The number of carbonyl (C=O) groups excluding carboxylic acids is 1. The van der Waals surface area contributed by atoms with Crippen molar-refractivity contribution in [2.75, 3.05) is 0 Å². The van der Waals surface area contributed by atoms with Crippen molar-refractivity contribution in [1.82, 2.24) is 15.3 Å². The molecular weight excluding hydrogens is 307 g/mol. The Hall–Kier alpha value is -2.15. The van der Waals surface area contributed by atoms with E-state index in [1.54, 1.807) is 6.07 Å². The summed E-state index contributed by atoms with van der Waals surface area (Å²) in [4.78, 5) is 19.3. The van der Waals surface area contributed by atoms with E-state index in [9.17, 15) is 18.0 Å². The number of hydrogen-bond acceptors (Lipinski definition) is 3. The number of alkyl halides is 3. The quantitative estimate of drug-likeness (QED) is 0.947. The predicted molar refractivity (Wildman–Crippen MR) is 69.7 cm³/mol. The van der Waals surface area contributed by atoms with Crippen molar-refractivity contribution in [2.45, 2.75) is 12.7 Å². The highest BCUT2D eigenvalue weighted by atomic mass is 35.5. The highest BCUT2D eigenvalue weighted by Gasteiger charge is 2.35. The second-order valence-corrected chi connectivity index (χ2v) is 4.50. The minimum absolute atomic E-state index is 0.0361. The number of halogens is 4. The number of aromatic nitrogens is 2. The molecule has 0 aromatic carbocycles. The van der Waals surface area contributed by atoms with Crippen molar-refractivity contribution in [3.63, 3.8) is 0 Å². The minimum Gasteiger partial charge on any atom is -0.346 e. The van der Waals surface area contributed by atoms with E-state index in [0.29, 0.717) is 10.7 Å². The summed E-state index contributed by atoms with van der Waals surface area (Å²) in [5.41, 5.74) is -1.13. The molecule has 0 bridgehead atoms. The first-order chi connectivity index (χ1) is 9.88. The fourth-order valence-electron chi connectivity index (χ4n) is 1.63. The van der Waals surface area contributed by atoms with E-state index < -0.39 is 23.2 Å². The molecule has 8 heteroatoms. The van der Waals surface area contributed by atoms with Crippen LogP contribution < -0.4 is 5.32 Å². The number of nitrogens with zero attached hydrogens (tertiary/aromatic N) is 2. The summed E-state index contributed by atoms with van der Waals surface area (Å²) in [5.74, 6) is -0.878. The third-order valence-electron chi connectivity index (χ3n) is 2.58. The molecule has 0 aliphatic rings. The standard InChI is InChI=1S/C13H9ClF3N3O/c14-8-1-4-19-9(5-8)6-20-12(21)10-7-18-3-2-11(10)13(15,16)17/h1-5,7H,6H2,(H,20,21). The van der Waals surface area contributed by atoms with Crippen molar-refractivity contribution in [1.29, 1.82) is 0 Å². The summed E-state index contributed by atoms with van der Waals surface area (Å²) in [6.45, 7) is -0.0361. The highest BCUT2D eigenvalue weighted by molar-refractivity contribution is 6.30. The van der Waals surface area contributed by atoms with Crippen LogP contribution in [0.3, 0.4) is 0 Å². The molecule has 2 rings (SSSR count). The number of amides is 1. The number of carbonyl (C=O) groups is 1. The van der Waals surface area contributed by atoms with E-state index in [1.165, 1.54) is 12.3 Å². The van der Waals surface area contributed by atoms with Gasteiger partial charge in [-0.15, -0.1) is 0 Å². The SMILES string of the molecule is O=C(NCc1cc(Cl)ccn1)c1cnccc1C(F)(F)F. The Balaban J connectivity index is 2.14. The van der Waals surface area contributed by atoms with Gasteiger partial charge in [0.2, 0.25) is 0 Å². The van der Waals surface area contributed by atoms with Crippen LogP contribution in [0.4, 0.5) is 13.2 Å². The molecule has 110 valence electrons. The summed E-state index contributed by atoms with van der Waals surface area (Å²) in [5, 5.41) is 2.78. The van der Waals surface area contributed by atoms with Gasteiger partial charge in [-0.2, -0.15) is 13.2 Å². The fraction of sp³-hybridized carbons (Fsp3) is 0.154. The topological polar surface area (TPSA) is 54.9 Å². The van der Waals surface area contributed by atoms with Gasteiger partial charge in [-0.3, -0.25) is 14.8 Å². The van der Waals surface area contributed by atoms with Crippen molar-refractivity contribution >= 4 is 17.5 Å². The van der Waals surface area contributed by atoms with Crippen molar-refractivity contribution in [3.05, 3.63) is 58.6 Å². The Morgan fingerprint density at radius 2 is 2.05 bits per heavy atom. The molecular formula is C13H9ClF3N3O. The molecule has 0 saturated heterocycles. The molecule has 0 unspecified atom stereocenters. The molecule has 0 aliphatic heterocycles. The monoisotopic (exact) mass is 315 g/mol. The van der Waals surface area contributed by atoms with Gasteiger partial charge in [-0.25, -0.2) is 0 Å². The summed E-state index contributed by atoms with van der Waals surface area (Å²) in [6, 6.07) is 3.82. The van der Waals surface area contributed by atoms with Crippen LogP contribution in [0.2, 0.25) is 5.02 Å². The zero-order valence-corrected chi connectivity index (χ0v) is 11.2. The second-order valence-electron chi connectivity index (χ2n) is 4.07. The van der Waals surface area contributed by atoms with Gasteiger partial charge in [0.05, 0.1) is 23.4 Å². The molecule has 2 heterocycles. The lowest BCUT2D eigenvalue weighted by molar-refractivity contribution is -0.138. The average molecular weight is 316 g/mol. The van der Waals surface area contributed by atoms with Gasteiger partial charge < -0.3 is 5.32 Å². The van der Waals surface area contributed by atoms with Crippen molar-refractivity contribution in [2.24, 2.45) is 0 Å². The maximum Gasteiger partial charge on any atom is 0.417 e. The van der Waals surface area contributed by atoms with Crippen molar-refractivity contribution < 1.29 is 18.0 Å². The number of pyridine rings is 2. The van der Waals surface area contributed by atoms with Crippen LogP contribution in [0.25, 0.3) is 0 Å². The first-order valence-electron chi connectivity index (χ1n) is 5.78. The van der Waals surface area contributed by atoms with Crippen LogP contribution in [0.5, 0.6) is 0 Å². The predicted octanol–water partition coefficient (Wildman–Crippen LogP) is 3.08. The first kappa shape index (κ1) is 15.2. The van der Waals surface area contributed by atoms with Gasteiger partial charge in [0.1, 0.15) is 0 Å². The largest absolute Gasteiger partial charge is 0.417 e. The summed E-state index contributed by atoms with van der Waals surface area (Å²) >= 11 is 5.75. The Morgan fingerprint density at radius 3 is 2.71 bits per heavy atom. The third-order valence-corrected chi connectivity index (χ3v) is 2.81. The molecule has 0 aliphatic carbocycles. The van der Waals surface area contributed by atoms with Gasteiger partial charge >= 0.3 is 6.18 Å². The Bertz CT molecular complexity index is 661. The number of rotatable bonds is 3. The second kappa shape index (κ2) is 6.09. The van der Waals surface area contributed by atoms with Crippen molar-refractivity contribution in [3.8, 4) is 0 Å².